The molecule has 1 aromatic carbocycles. The molecule has 0 aromatic heterocycles. The van der Waals surface area contributed by atoms with Crippen LogP contribution in [0.5, 0.6) is 11.5 Å². The SMILES string of the molecule is CCN(CC)CCNCc1cccc2c1OCCCO2. The topological polar surface area (TPSA) is 33.7 Å². The summed E-state index contributed by atoms with van der Waals surface area (Å²) >= 11 is 0. The van der Waals surface area contributed by atoms with Gasteiger partial charge in [-0.2, -0.15) is 0 Å². The molecule has 20 heavy (non-hydrogen) atoms. The normalized spacial score (nSPS) is 14.3. The molecular weight excluding hydrogens is 252 g/mol. The zero-order chi connectivity index (χ0) is 14.2. The van der Waals surface area contributed by atoms with Crippen LogP contribution in [0, 0.1) is 0 Å². The van der Waals surface area contributed by atoms with Gasteiger partial charge in [0.15, 0.2) is 11.5 Å². The molecule has 1 aliphatic heterocycles. The lowest BCUT2D eigenvalue weighted by molar-refractivity contribution is 0.294. The van der Waals surface area contributed by atoms with Crippen LogP contribution in [0.3, 0.4) is 0 Å². The summed E-state index contributed by atoms with van der Waals surface area (Å²) in [6.07, 6.45) is 0.948. The monoisotopic (exact) mass is 278 g/mol. The maximum Gasteiger partial charge on any atom is 0.165 e. The summed E-state index contributed by atoms with van der Waals surface area (Å²) in [5.41, 5.74) is 1.18. The van der Waals surface area contributed by atoms with E-state index in [1.807, 2.05) is 12.1 Å². The van der Waals surface area contributed by atoms with Crippen LogP contribution in [-0.4, -0.2) is 44.3 Å². The Morgan fingerprint density at radius 3 is 2.75 bits per heavy atom. The van der Waals surface area contributed by atoms with Crippen molar-refractivity contribution in [3.63, 3.8) is 0 Å². The minimum absolute atomic E-state index is 0.740. The molecule has 1 aliphatic rings. The number of nitrogens with one attached hydrogen (secondary N) is 1. The second-order valence-corrected chi connectivity index (χ2v) is 5.00. The highest BCUT2D eigenvalue weighted by Crippen LogP contribution is 2.32. The van der Waals surface area contributed by atoms with Crippen LogP contribution in [0.2, 0.25) is 0 Å². The molecule has 0 spiro atoms. The van der Waals surface area contributed by atoms with E-state index in [9.17, 15) is 0 Å². The summed E-state index contributed by atoms with van der Waals surface area (Å²) in [7, 11) is 0. The summed E-state index contributed by atoms with van der Waals surface area (Å²) in [6.45, 7) is 11.0. The molecule has 0 saturated heterocycles. The highest BCUT2D eigenvalue weighted by atomic mass is 16.5. The first kappa shape index (κ1) is 15.1. The molecule has 2 rings (SSSR count). The predicted molar refractivity (Wildman–Crippen MR) is 81.5 cm³/mol. The van der Waals surface area contributed by atoms with Crippen molar-refractivity contribution < 1.29 is 9.47 Å². The van der Waals surface area contributed by atoms with Crippen molar-refractivity contribution in [1.29, 1.82) is 0 Å². The van der Waals surface area contributed by atoms with E-state index >= 15 is 0 Å². The van der Waals surface area contributed by atoms with E-state index in [2.05, 4.69) is 30.1 Å². The maximum absolute atomic E-state index is 5.82. The van der Waals surface area contributed by atoms with Gasteiger partial charge < -0.3 is 19.7 Å². The number of para-hydroxylation sites is 1. The summed E-state index contributed by atoms with van der Waals surface area (Å²) in [5.74, 6) is 1.80. The molecule has 0 aliphatic carbocycles. The lowest BCUT2D eigenvalue weighted by Gasteiger charge is -2.18. The average Bonchev–Trinajstić information content (AvgIpc) is 2.73. The molecule has 0 amide bonds. The van der Waals surface area contributed by atoms with Crippen molar-refractivity contribution in [1.82, 2.24) is 10.2 Å². The summed E-state index contributed by atoms with van der Waals surface area (Å²) in [6, 6.07) is 6.13. The molecule has 0 saturated carbocycles. The zero-order valence-electron chi connectivity index (χ0n) is 12.7. The molecule has 112 valence electrons. The first-order chi connectivity index (χ1) is 9.85. The van der Waals surface area contributed by atoms with E-state index < -0.39 is 0 Å². The molecule has 0 fully saturated rings. The van der Waals surface area contributed by atoms with E-state index in [0.29, 0.717) is 0 Å². The van der Waals surface area contributed by atoms with Gasteiger partial charge in [-0.05, 0) is 19.2 Å². The molecule has 1 aromatic rings. The van der Waals surface area contributed by atoms with Gasteiger partial charge in [0.25, 0.3) is 0 Å². The molecule has 4 heteroatoms. The Labute approximate surface area is 122 Å². The van der Waals surface area contributed by atoms with Crippen LogP contribution < -0.4 is 14.8 Å². The van der Waals surface area contributed by atoms with Crippen LogP contribution in [0.4, 0.5) is 0 Å². The number of hydrogen-bond donors (Lipinski definition) is 1. The third kappa shape index (κ3) is 4.12. The van der Waals surface area contributed by atoms with Crippen LogP contribution in [-0.2, 0) is 6.54 Å². The van der Waals surface area contributed by atoms with Crippen molar-refractivity contribution >= 4 is 0 Å². The second kappa shape index (κ2) is 8.12. The summed E-state index contributed by atoms with van der Waals surface area (Å²) < 4.78 is 11.5. The van der Waals surface area contributed by atoms with E-state index in [1.165, 1.54) is 5.56 Å². The van der Waals surface area contributed by atoms with E-state index in [-0.39, 0.29) is 0 Å². The fourth-order valence-electron chi connectivity index (χ4n) is 2.39. The molecule has 4 nitrogen and oxygen atoms in total. The minimum Gasteiger partial charge on any atom is -0.490 e. The number of nitrogens with zero attached hydrogens (tertiary/aromatic N) is 1. The maximum atomic E-state index is 5.82. The quantitative estimate of drug-likeness (QED) is 0.776. The van der Waals surface area contributed by atoms with E-state index in [0.717, 1.165) is 63.9 Å². The highest BCUT2D eigenvalue weighted by Gasteiger charge is 2.13. The Balaban J connectivity index is 1.87. The van der Waals surface area contributed by atoms with Gasteiger partial charge in [-0.1, -0.05) is 26.0 Å². The third-order valence-corrected chi connectivity index (χ3v) is 3.67. The Morgan fingerprint density at radius 2 is 1.95 bits per heavy atom. The summed E-state index contributed by atoms with van der Waals surface area (Å²) in [4.78, 5) is 2.41. The molecule has 0 radical (unpaired) electrons. The lowest BCUT2D eigenvalue weighted by atomic mass is 10.2. The molecule has 0 unspecified atom stereocenters. The number of ether oxygens (including phenoxy) is 2. The third-order valence-electron chi connectivity index (χ3n) is 3.67. The molecule has 0 bridgehead atoms. The van der Waals surface area contributed by atoms with Crippen molar-refractivity contribution in [2.45, 2.75) is 26.8 Å². The fraction of sp³-hybridized carbons (Fsp3) is 0.625. The van der Waals surface area contributed by atoms with Gasteiger partial charge >= 0.3 is 0 Å². The van der Waals surface area contributed by atoms with Gasteiger partial charge in [0.1, 0.15) is 0 Å². The number of hydrogen-bond acceptors (Lipinski definition) is 4. The minimum atomic E-state index is 0.740. The standard InChI is InChI=1S/C16H26N2O2/c1-3-18(4-2)10-9-17-13-14-7-5-8-15-16(14)20-12-6-11-19-15/h5,7-8,17H,3-4,6,9-13H2,1-2H3. The number of benzene rings is 1. The number of rotatable bonds is 7. The van der Waals surface area contributed by atoms with Gasteiger partial charge in [0, 0.05) is 31.6 Å². The van der Waals surface area contributed by atoms with Gasteiger partial charge in [0.05, 0.1) is 13.2 Å². The fourth-order valence-corrected chi connectivity index (χ4v) is 2.39. The highest BCUT2D eigenvalue weighted by molar-refractivity contribution is 5.46. The smallest absolute Gasteiger partial charge is 0.165 e. The first-order valence-corrected chi connectivity index (χ1v) is 7.65. The van der Waals surface area contributed by atoms with Crippen LogP contribution in [0.25, 0.3) is 0 Å². The molecule has 1 heterocycles. The van der Waals surface area contributed by atoms with Crippen molar-refractivity contribution in [3.8, 4) is 11.5 Å². The molecular formula is C16H26N2O2. The molecule has 0 atom stereocenters. The van der Waals surface area contributed by atoms with Crippen molar-refractivity contribution in [3.05, 3.63) is 23.8 Å². The molecule has 1 N–H and O–H groups in total. The predicted octanol–water partition coefficient (Wildman–Crippen LogP) is 2.28. The Hall–Kier alpha value is -1.26. The second-order valence-electron chi connectivity index (χ2n) is 5.00. The average molecular weight is 278 g/mol. The largest absolute Gasteiger partial charge is 0.490 e. The number of fused-ring (bicyclic) bond motifs is 1. The lowest BCUT2D eigenvalue weighted by Crippen LogP contribution is -2.31. The van der Waals surface area contributed by atoms with Gasteiger partial charge in [-0.15, -0.1) is 0 Å². The van der Waals surface area contributed by atoms with Crippen LogP contribution in [0.1, 0.15) is 25.8 Å². The zero-order valence-corrected chi connectivity index (χ0v) is 12.7. The van der Waals surface area contributed by atoms with Gasteiger partial charge in [-0.25, -0.2) is 0 Å². The summed E-state index contributed by atoms with van der Waals surface area (Å²) in [5, 5.41) is 3.49. The Kier molecular flexibility index (Phi) is 6.15. The van der Waals surface area contributed by atoms with Crippen LogP contribution >= 0.6 is 0 Å². The Morgan fingerprint density at radius 1 is 1.15 bits per heavy atom. The van der Waals surface area contributed by atoms with Crippen LogP contribution in [0.15, 0.2) is 18.2 Å². The van der Waals surface area contributed by atoms with Gasteiger partial charge in [0.2, 0.25) is 0 Å². The van der Waals surface area contributed by atoms with Crippen molar-refractivity contribution in [2.75, 3.05) is 39.4 Å². The van der Waals surface area contributed by atoms with Gasteiger partial charge in [-0.3, -0.25) is 0 Å². The van der Waals surface area contributed by atoms with Crippen molar-refractivity contribution in [2.24, 2.45) is 0 Å². The number of likely N-dealkylation sites (N-methyl/N-ethyl adjacent to an activating group) is 1. The van der Waals surface area contributed by atoms with E-state index in [4.69, 9.17) is 9.47 Å². The van der Waals surface area contributed by atoms with E-state index in [1.54, 1.807) is 0 Å². The first-order valence-electron chi connectivity index (χ1n) is 7.65. The Bertz CT molecular complexity index is 405.